The molecule has 2 aromatic carbocycles. The molecular formula is C32H36FN9. The number of anilines is 3. The molecule has 216 valence electrons. The topological polar surface area (TPSA) is 101 Å². The molecule has 3 aromatic heterocycles. The second kappa shape index (κ2) is 10.9. The highest BCUT2D eigenvalue weighted by atomic mass is 19.1. The van der Waals surface area contributed by atoms with Crippen molar-refractivity contribution in [2.24, 2.45) is 0 Å². The van der Waals surface area contributed by atoms with Gasteiger partial charge in [0.15, 0.2) is 0 Å². The van der Waals surface area contributed by atoms with Crippen LogP contribution < -0.4 is 11.1 Å². The molecule has 0 unspecified atom stereocenters. The van der Waals surface area contributed by atoms with E-state index in [9.17, 15) is 4.39 Å². The molecular weight excluding hydrogens is 529 g/mol. The lowest BCUT2D eigenvalue weighted by molar-refractivity contribution is 0.0828. The van der Waals surface area contributed by atoms with E-state index in [1.807, 2.05) is 43.3 Å². The lowest BCUT2D eigenvalue weighted by Crippen LogP contribution is -2.49. The molecule has 2 fully saturated rings. The minimum absolute atomic E-state index is 0.220. The number of hydrogen-bond donors (Lipinski definition) is 2. The summed E-state index contributed by atoms with van der Waals surface area (Å²) in [5.41, 5.74) is 11.6. The summed E-state index contributed by atoms with van der Waals surface area (Å²) < 4.78 is 17.0. The number of likely N-dealkylation sites (N-methyl/N-ethyl adjacent to an activating group) is 1. The number of hydrogen-bond acceptors (Lipinski definition) is 8. The summed E-state index contributed by atoms with van der Waals surface area (Å²) in [6.45, 7) is 6.56. The molecule has 0 spiro atoms. The minimum atomic E-state index is -0.538. The SMILES string of the molecule is Cc1ccc2nc(Nc3ccc(-c4cn(C5CCC(N6CCN(C)CC6)CC5)c5ncnc(N)c45)cc3)nc(F)c2c1. The Hall–Kier alpha value is -4.15. The second-order valence-corrected chi connectivity index (χ2v) is 11.8. The Labute approximate surface area is 244 Å². The number of piperazine rings is 1. The standard InChI is InChI=1S/C32H36FN9/c1-20-3-12-27-25(17-20)29(33)39-32(38-27)37-22-6-4-21(5-7-22)26-18-42(31-28(26)30(34)35-19-36-31)24-10-8-23(9-11-24)41-15-13-40(2)14-16-41/h3-7,12,17-19,23-24H,8-11,13-16H2,1-2H3,(H2,34,35,36)(H,37,38,39). The van der Waals surface area contributed by atoms with Gasteiger partial charge in [-0.2, -0.15) is 9.37 Å². The Morgan fingerprint density at radius 1 is 0.905 bits per heavy atom. The van der Waals surface area contributed by atoms with Crippen LogP contribution in [0.1, 0.15) is 37.3 Å². The number of nitrogens with one attached hydrogen (secondary N) is 1. The predicted molar refractivity (Wildman–Crippen MR) is 165 cm³/mol. The Balaban J connectivity index is 1.12. The molecule has 1 aliphatic carbocycles. The lowest BCUT2D eigenvalue weighted by atomic mass is 9.89. The number of rotatable bonds is 5. The van der Waals surface area contributed by atoms with E-state index < -0.39 is 5.95 Å². The van der Waals surface area contributed by atoms with Gasteiger partial charge in [0.2, 0.25) is 11.9 Å². The largest absolute Gasteiger partial charge is 0.383 e. The van der Waals surface area contributed by atoms with Crippen LogP contribution in [0.2, 0.25) is 0 Å². The number of nitrogens with two attached hydrogens (primary N) is 1. The average molecular weight is 566 g/mol. The van der Waals surface area contributed by atoms with Crippen molar-refractivity contribution < 1.29 is 4.39 Å². The summed E-state index contributed by atoms with van der Waals surface area (Å²) in [4.78, 5) is 22.6. The summed E-state index contributed by atoms with van der Waals surface area (Å²) in [6.07, 6.45) is 8.39. The van der Waals surface area contributed by atoms with Crippen molar-refractivity contribution in [1.29, 1.82) is 0 Å². The molecule has 0 radical (unpaired) electrons. The van der Waals surface area contributed by atoms with Gasteiger partial charge in [0, 0.05) is 55.7 Å². The zero-order chi connectivity index (χ0) is 28.8. The molecule has 0 atom stereocenters. The molecule has 5 aromatic rings. The van der Waals surface area contributed by atoms with E-state index in [0.29, 0.717) is 28.8 Å². The van der Waals surface area contributed by atoms with Gasteiger partial charge in [0.05, 0.1) is 16.3 Å². The minimum Gasteiger partial charge on any atom is -0.383 e. The van der Waals surface area contributed by atoms with E-state index in [0.717, 1.165) is 59.3 Å². The summed E-state index contributed by atoms with van der Waals surface area (Å²) in [7, 11) is 2.21. The number of fused-ring (bicyclic) bond motifs is 2. The van der Waals surface area contributed by atoms with Crippen molar-refractivity contribution in [3.8, 4) is 11.1 Å². The molecule has 4 heterocycles. The molecule has 9 nitrogen and oxygen atoms in total. The summed E-state index contributed by atoms with van der Waals surface area (Å²) in [5, 5.41) is 4.45. The number of aryl methyl sites for hydroxylation is 1. The molecule has 0 bridgehead atoms. The lowest BCUT2D eigenvalue weighted by Gasteiger charge is -2.41. The zero-order valence-electron chi connectivity index (χ0n) is 24.1. The zero-order valence-corrected chi connectivity index (χ0v) is 24.1. The first kappa shape index (κ1) is 26.7. The third-order valence-electron chi connectivity index (χ3n) is 9.01. The number of nitrogen functional groups attached to an aromatic ring is 1. The maximum absolute atomic E-state index is 14.7. The van der Waals surface area contributed by atoms with Crippen LogP contribution in [0.15, 0.2) is 55.0 Å². The number of halogens is 1. The Morgan fingerprint density at radius 3 is 2.40 bits per heavy atom. The van der Waals surface area contributed by atoms with Gasteiger partial charge in [0.25, 0.3) is 0 Å². The van der Waals surface area contributed by atoms with Gasteiger partial charge in [-0.05, 0) is 69.5 Å². The van der Waals surface area contributed by atoms with E-state index in [-0.39, 0.29) is 5.95 Å². The highest BCUT2D eigenvalue weighted by Crippen LogP contribution is 2.39. The molecule has 1 aliphatic heterocycles. The maximum atomic E-state index is 14.7. The molecule has 2 aliphatic rings. The fraction of sp³-hybridized carbons (Fsp3) is 0.375. The van der Waals surface area contributed by atoms with Gasteiger partial charge in [-0.3, -0.25) is 4.90 Å². The third kappa shape index (κ3) is 5.05. The van der Waals surface area contributed by atoms with Gasteiger partial charge in [-0.25, -0.2) is 15.0 Å². The molecule has 0 amide bonds. The Bertz CT molecular complexity index is 1730. The molecule has 7 rings (SSSR count). The molecule has 1 saturated carbocycles. The molecule has 10 heteroatoms. The van der Waals surface area contributed by atoms with Crippen molar-refractivity contribution in [3.63, 3.8) is 0 Å². The molecule has 3 N–H and O–H groups in total. The van der Waals surface area contributed by atoms with Crippen LogP contribution in [-0.2, 0) is 0 Å². The number of nitrogens with zero attached hydrogens (tertiary/aromatic N) is 7. The van der Waals surface area contributed by atoms with Crippen LogP contribution in [-0.4, -0.2) is 73.6 Å². The van der Waals surface area contributed by atoms with Crippen LogP contribution in [0.5, 0.6) is 0 Å². The van der Waals surface area contributed by atoms with Crippen LogP contribution in [0.4, 0.5) is 21.8 Å². The van der Waals surface area contributed by atoms with Crippen molar-refractivity contribution in [1.82, 2.24) is 34.3 Å². The van der Waals surface area contributed by atoms with Gasteiger partial charge < -0.3 is 20.5 Å². The Kier molecular flexibility index (Phi) is 6.95. The van der Waals surface area contributed by atoms with E-state index in [1.54, 1.807) is 12.4 Å². The highest BCUT2D eigenvalue weighted by Gasteiger charge is 2.30. The number of aromatic nitrogens is 5. The summed E-state index contributed by atoms with van der Waals surface area (Å²) >= 11 is 0. The molecule has 1 saturated heterocycles. The van der Waals surface area contributed by atoms with Crippen LogP contribution >= 0.6 is 0 Å². The van der Waals surface area contributed by atoms with Crippen molar-refractivity contribution in [3.05, 3.63) is 66.5 Å². The average Bonchev–Trinajstić information content (AvgIpc) is 3.40. The number of benzene rings is 2. The van der Waals surface area contributed by atoms with Gasteiger partial charge >= 0.3 is 0 Å². The molecule has 42 heavy (non-hydrogen) atoms. The smallest absolute Gasteiger partial charge is 0.230 e. The fourth-order valence-corrected chi connectivity index (χ4v) is 6.62. The van der Waals surface area contributed by atoms with Crippen LogP contribution in [0.3, 0.4) is 0 Å². The second-order valence-electron chi connectivity index (χ2n) is 11.8. The summed E-state index contributed by atoms with van der Waals surface area (Å²) in [5.74, 6) is 0.166. The van der Waals surface area contributed by atoms with Gasteiger partial charge in [0.1, 0.15) is 17.8 Å². The monoisotopic (exact) mass is 565 g/mol. The van der Waals surface area contributed by atoms with E-state index >= 15 is 0 Å². The van der Waals surface area contributed by atoms with E-state index in [4.69, 9.17) is 5.73 Å². The quantitative estimate of drug-likeness (QED) is 0.268. The first-order chi connectivity index (χ1) is 20.4. The normalized spacial score (nSPS) is 20.4. The van der Waals surface area contributed by atoms with Crippen LogP contribution in [0.25, 0.3) is 33.1 Å². The fourth-order valence-electron chi connectivity index (χ4n) is 6.62. The van der Waals surface area contributed by atoms with Crippen LogP contribution in [0, 0.1) is 12.9 Å². The Morgan fingerprint density at radius 2 is 1.64 bits per heavy atom. The predicted octanol–water partition coefficient (Wildman–Crippen LogP) is 5.55. The maximum Gasteiger partial charge on any atom is 0.230 e. The van der Waals surface area contributed by atoms with Crippen molar-refractivity contribution in [2.75, 3.05) is 44.3 Å². The first-order valence-electron chi connectivity index (χ1n) is 14.8. The third-order valence-corrected chi connectivity index (χ3v) is 9.01. The van der Waals surface area contributed by atoms with Gasteiger partial charge in [-0.15, -0.1) is 0 Å². The first-order valence-corrected chi connectivity index (χ1v) is 14.8. The van der Waals surface area contributed by atoms with Crippen molar-refractivity contribution >= 4 is 39.4 Å². The van der Waals surface area contributed by atoms with Gasteiger partial charge in [-0.1, -0.05) is 23.8 Å². The van der Waals surface area contributed by atoms with E-state index in [1.165, 1.54) is 25.9 Å². The highest BCUT2D eigenvalue weighted by molar-refractivity contribution is 6.00. The summed E-state index contributed by atoms with van der Waals surface area (Å²) in [6, 6.07) is 14.5. The van der Waals surface area contributed by atoms with Crippen molar-refractivity contribution in [2.45, 2.75) is 44.7 Å². The van der Waals surface area contributed by atoms with E-state index in [2.05, 4.69) is 52.9 Å².